The van der Waals surface area contributed by atoms with E-state index in [1.165, 1.54) is 0 Å². The number of ether oxygens (including phenoxy) is 2. The molecule has 1 fully saturated rings. The van der Waals surface area contributed by atoms with Gasteiger partial charge in [-0.2, -0.15) is 0 Å². The molecule has 2 aromatic rings. The first-order valence-corrected chi connectivity index (χ1v) is 11.1. The van der Waals surface area contributed by atoms with Crippen LogP contribution in [0.25, 0.3) is 0 Å². The Hall–Kier alpha value is -3.16. The van der Waals surface area contributed by atoms with Gasteiger partial charge in [0.25, 0.3) is 0 Å². The van der Waals surface area contributed by atoms with Crippen LogP contribution in [0.15, 0.2) is 41.0 Å². The Morgan fingerprint density at radius 2 is 1.94 bits per heavy atom. The number of amides is 3. The van der Waals surface area contributed by atoms with E-state index in [0.29, 0.717) is 49.9 Å². The van der Waals surface area contributed by atoms with E-state index in [-0.39, 0.29) is 23.8 Å². The standard InChI is InChI=1S/C24H33N3O5/c1-4-5-10-25-24(29)27-15-18(17-8-9-21(30-2)22(13-17)31-3)12-19(16-27)23(28)26-14-20-7-6-11-32-20/h6-9,11,13,18-19H,4-5,10,12,14-16H2,1-3H3,(H,25,29)(H,26,28). The first-order valence-electron chi connectivity index (χ1n) is 11.1. The van der Waals surface area contributed by atoms with Crippen LogP contribution in [0.1, 0.15) is 43.4 Å². The number of unbranched alkanes of at least 4 members (excludes halogenated alkanes) is 1. The van der Waals surface area contributed by atoms with Crippen LogP contribution in [0.4, 0.5) is 4.79 Å². The van der Waals surface area contributed by atoms with E-state index in [0.717, 1.165) is 18.4 Å². The molecule has 2 N–H and O–H groups in total. The van der Waals surface area contributed by atoms with Crippen molar-refractivity contribution in [2.45, 2.75) is 38.6 Å². The van der Waals surface area contributed by atoms with Crippen molar-refractivity contribution < 1.29 is 23.5 Å². The predicted molar refractivity (Wildman–Crippen MR) is 121 cm³/mol. The zero-order valence-corrected chi connectivity index (χ0v) is 19.1. The first-order chi connectivity index (χ1) is 15.5. The molecule has 8 nitrogen and oxygen atoms in total. The molecule has 1 aromatic heterocycles. The van der Waals surface area contributed by atoms with Crippen LogP contribution < -0.4 is 20.1 Å². The molecule has 1 aliphatic rings. The number of carbonyl (C=O) groups excluding carboxylic acids is 2. The number of furan rings is 1. The molecule has 8 heteroatoms. The Bertz CT molecular complexity index is 884. The largest absolute Gasteiger partial charge is 0.493 e. The average Bonchev–Trinajstić information content (AvgIpc) is 3.35. The highest BCUT2D eigenvalue weighted by Gasteiger charge is 2.34. The maximum atomic E-state index is 13.0. The molecule has 0 aliphatic carbocycles. The topological polar surface area (TPSA) is 93.0 Å². The molecular weight excluding hydrogens is 410 g/mol. The van der Waals surface area contributed by atoms with Gasteiger partial charge in [-0.15, -0.1) is 0 Å². The lowest BCUT2D eigenvalue weighted by Crippen LogP contribution is -2.51. The zero-order valence-electron chi connectivity index (χ0n) is 19.1. The predicted octanol–water partition coefficient (Wildman–Crippen LogP) is 3.53. The van der Waals surface area contributed by atoms with Gasteiger partial charge in [0, 0.05) is 25.6 Å². The Labute approximate surface area is 189 Å². The fourth-order valence-corrected chi connectivity index (χ4v) is 4.02. The van der Waals surface area contributed by atoms with E-state index in [2.05, 4.69) is 17.6 Å². The molecular formula is C24H33N3O5. The van der Waals surface area contributed by atoms with Crippen molar-refractivity contribution >= 4 is 11.9 Å². The minimum atomic E-state index is -0.325. The second-order valence-corrected chi connectivity index (χ2v) is 8.03. The summed E-state index contributed by atoms with van der Waals surface area (Å²) in [6.45, 7) is 3.95. The maximum absolute atomic E-state index is 13.0. The molecule has 0 bridgehead atoms. The van der Waals surface area contributed by atoms with Crippen molar-refractivity contribution in [1.82, 2.24) is 15.5 Å². The Balaban J connectivity index is 1.76. The zero-order chi connectivity index (χ0) is 22.9. The average molecular weight is 444 g/mol. The summed E-state index contributed by atoms with van der Waals surface area (Å²) >= 11 is 0. The normalized spacial score (nSPS) is 18.2. The highest BCUT2D eigenvalue weighted by atomic mass is 16.5. The van der Waals surface area contributed by atoms with Crippen LogP contribution in [-0.2, 0) is 11.3 Å². The monoisotopic (exact) mass is 443 g/mol. The Morgan fingerprint density at radius 3 is 2.62 bits per heavy atom. The quantitative estimate of drug-likeness (QED) is 0.579. The van der Waals surface area contributed by atoms with Gasteiger partial charge < -0.3 is 29.4 Å². The number of likely N-dealkylation sites (tertiary alicyclic amines) is 1. The van der Waals surface area contributed by atoms with E-state index in [1.54, 1.807) is 31.4 Å². The van der Waals surface area contributed by atoms with Crippen molar-refractivity contribution in [3.8, 4) is 11.5 Å². The third kappa shape index (κ3) is 5.96. The summed E-state index contributed by atoms with van der Waals surface area (Å²) in [4.78, 5) is 27.5. The molecule has 3 amide bonds. The first kappa shape index (κ1) is 23.5. The molecule has 1 saturated heterocycles. The number of carbonyl (C=O) groups is 2. The Morgan fingerprint density at radius 1 is 1.12 bits per heavy atom. The van der Waals surface area contributed by atoms with Crippen LogP contribution in [0.3, 0.4) is 0 Å². The Kier molecular flexibility index (Phi) is 8.41. The fraction of sp³-hybridized carbons (Fsp3) is 0.500. The van der Waals surface area contributed by atoms with Gasteiger partial charge in [0.2, 0.25) is 5.91 Å². The third-order valence-corrected chi connectivity index (χ3v) is 5.81. The summed E-state index contributed by atoms with van der Waals surface area (Å²) < 4.78 is 16.1. The van der Waals surface area contributed by atoms with Gasteiger partial charge >= 0.3 is 6.03 Å². The minimum absolute atomic E-state index is 0.000144. The summed E-state index contributed by atoms with van der Waals surface area (Å²) in [5.41, 5.74) is 1.01. The number of hydrogen-bond acceptors (Lipinski definition) is 5. The minimum Gasteiger partial charge on any atom is -0.493 e. The van der Waals surface area contributed by atoms with E-state index in [9.17, 15) is 9.59 Å². The van der Waals surface area contributed by atoms with Crippen molar-refractivity contribution in [2.24, 2.45) is 5.92 Å². The number of hydrogen-bond donors (Lipinski definition) is 2. The van der Waals surface area contributed by atoms with Crippen molar-refractivity contribution in [3.63, 3.8) is 0 Å². The summed E-state index contributed by atoms with van der Waals surface area (Å²) in [6.07, 6.45) is 4.15. The molecule has 2 heterocycles. The summed E-state index contributed by atoms with van der Waals surface area (Å²) in [7, 11) is 3.20. The lowest BCUT2D eigenvalue weighted by molar-refractivity contribution is -0.126. The number of piperidine rings is 1. The lowest BCUT2D eigenvalue weighted by Gasteiger charge is -2.37. The highest BCUT2D eigenvalue weighted by Crippen LogP contribution is 2.35. The van der Waals surface area contributed by atoms with Gasteiger partial charge in [-0.1, -0.05) is 19.4 Å². The van der Waals surface area contributed by atoms with Gasteiger partial charge in [-0.25, -0.2) is 4.79 Å². The summed E-state index contributed by atoms with van der Waals surface area (Å²) in [5, 5.41) is 5.92. The van der Waals surface area contributed by atoms with E-state index in [4.69, 9.17) is 13.9 Å². The van der Waals surface area contributed by atoms with Crippen LogP contribution >= 0.6 is 0 Å². The highest BCUT2D eigenvalue weighted by molar-refractivity contribution is 5.81. The third-order valence-electron chi connectivity index (χ3n) is 5.81. The van der Waals surface area contributed by atoms with Gasteiger partial charge in [-0.05, 0) is 42.7 Å². The number of urea groups is 1. The van der Waals surface area contributed by atoms with Crippen LogP contribution in [0.2, 0.25) is 0 Å². The molecule has 1 aliphatic heterocycles. The summed E-state index contributed by atoms with van der Waals surface area (Å²) in [6, 6.07) is 9.24. The van der Waals surface area contributed by atoms with Gasteiger partial charge in [0.1, 0.15) is 5.76 Å². The second kappa shape index (κ2) is 11.5. The van der Waals surface area contributed by atoms with Crippen LogP contribution in [0, 0.1) is 5.92 Å². The molecule has 3 rings (SSSR count). The molecule has 0 radical (unpaired) electrons. The second-order valence-electron chi connectivity index (χ2n) is 8.03. The SMILES string of the molecule is CCCCNC(=O)N1CC(C(=O)NCc2ccco2)CC(c2ccc(OC)c(OC)c2)C1. The van der Waals surface area contributed by atoms with Crippen LogP contribution in [-0.4, -0.2) is 50.7 Å². The number of nitrogens with one attached hydrogen (secondary N) is 2. The number of nitrogens with zero attached hydrogens (tertiary/aromatic N) is 1. The van der Waals surface area contributed by atoms with Gasteiger partial charge in [0.15, 0.2) is 11.5 Å². The molecule has 2 atom stereocenters. The fourth-order valence-electron chi connectivity index (χ4n) is 4.02. The molecule has 32 heavy (non-hydrogen) atoms. The van der Waals surface area contributed by atoms with E-state index >= 15 is 0 Å². The van der Waals surface area contributed by atoms with Gasteiger partial charge in [-0.3, -0.25) is 4.79 Å². The smallest absolute Gasteiger partial charge is 0.317 e. The number of rotatable bonds is 9. The van der Waals surface area contributed by atoms with Crippen molar-refractivity contribution in [1.29, 1.82) is 0 Å². The molecule has 174 valence electrons. The van der Waals surface area contributed by atoms with Crippen molar-refractivity contribution in [3.05, 3.63) is 47.9 Å². The molecule has 1 aromatic carbocycles. The number of methoxy groups -OCH3 is 2. The van der Waals surface area contributed by atoms with E-state index in [1.807, 2.05) is 24.3 Å². The van der Waals surface area contributed by atoms with Crippen molar-refractivity contribution in [2.75, 3.05) is 33.9 Å². The number of benzene rings is 1. The lowest BCUT2D eigenvalue weighted by atomic mass is 9.84. The van der Waals surface area contributed by atoms with Gasteiger partial charge in [0.05, 0.1) is 32.9 Å². The molecule has 0 spiro atoms. The summed E-state index contributed by atoms with van der Waals surface area (Å²) in [5.74, 6) is 1.56. The molecule has 0 saturated carbocycles. The van der Waals surface area contributed by atoms with E-state index < -0.39 is 0 Å². The van der Waals surface area contributed by atoms with Crippen LogP contribution in [0.5, 0.6) is 11.5 Å². The molecule has 2 unspecified atom stereocenters. The maximum Gasteiger partial charge on any atom is 0.317 e.